The standard InChI is InChI=1S/C16H28N2O6/c1-5-10(4)14(16(23)24)18-12(19)8-17-15(22)11(6-9(2)3)7-13(20)21/h9-11,14H,5-8H2,1-4H3,(H,17,22)(H,18,19)(H,20,21)(H,23,24)/t10-,11?,14-/m0/s1. The lowest BCUT2D eigenvalue weighted by molar-refractivity contribution is -0.143. The zero-order chi connectivity index (χ0) is 18.9. The number of carboxylic acids is 2. The van der Waals surface area contributed by atoms with Gasteiger partial charge in [0.2, 0.25) is 11.8 Å². The van der Waals surface area contributed by atoms with E-state index in [2.05, 4.69) is 10.6 Å². The Hall–Kier alpha value is -2.12. The van der Waals surface area contributed by atoms with Crippen molar-refractivity contribution in [1.29, 1.82) is 0 Å². The predicted octanol–water partition coefficient (Wildman–Crippen LogP) is 0.855. The zero-order valence-electron chi connectivity index (χ0n) is 14.7. The summed E-state index contributed by atoms with van der Waals surface area (Å²) in [7, 11) is 0. The van der Waals surface area contributed by atoms with Crippen molar-refractivity contribution in [2.24, 2.45) is 17.8 Å². The Kier molecular flexibility index (Phi) is 9.68. The first kappa shape index (κ1) is 21.9. The smallest absolute Gasteiger partial charge is 0.326 e. The number of carboxylic acid groups (broad SMARTS) is 2. The molecule has 0 radical (unpaired) electrons. The van der Waals surface area contributed by atoms with Gasteiger partial charge >= 0.3 is 11.9 Å². The van der Waals surface area contributed by atoms with Gasteiger partial charge in [0.1, 0.15) is 6.04 Å². The van der Waals surface area contributed by atoms with Crippen LogP contribution in [0.25, 0.3) is 0 Å². The van der Waals surface area contributed by atoms with Crippen molar-refractivity contribution in [2.75, 3.05) is 6.54 Å². The van der Waals surface area contributed by atoms with Crippen LogP contribution in [0.1, 0.15) is 47.0 Å². The molecule has 1 unspecified atom stereocenters. The Morgan fingerprint density at radius 2 is 1.62 bits per heavy atom. The molecule has 0 aromatic rings. The third-order valence-corrected chi connectivity index (χ3v) is 3.77. The molecule has 0 saturated carbocycles. The maximum atomic E-state index is 12.1. The summed E-state index contributed by atoms with van der Waals surface area (Å²) in [6, 6.07) is -1.02. The second-order valence-corrected chi connectivity index (χ2v) is 6.41. The van der Waals surface area contributed by atoms with E-state index in [1.165, 1.54) is 0 Å². The Morgan fingerprint density at radius 1 is 1.04 bits per heavy atom. The van der Waals surface area contributed by atoms with Gasteiger partial charge in [0.15, 0.2) is 0 Å². The molecule has 0 aliphatic rings. The normalized spacial score (nSPS) is 14.5. The summed E-state index contributed by atoms with van der Waals surface area (Å²) in [4.78, 5) is 45.9. The van der Waals surface area contributed by atoms with Gasteiger partial charge in [-0.05, 0) is 18.3 Å². The molecule has 2 amide bonds. The highest BCUT2D eigenvalue weighted by Crippen LogP contribution is 2.15. The van der Waals surface area contributed by atoms with Crippen LogP contribution in [0.15, 0.2) is 0 Å². The molecule has 0 aliphatic heterocycles. The Morgan fingerprint density at radius 3 is 2.04 bits per heavy atom. The van der Waals surface area contributed by atoms with E-state index < -0.39 is 35.7 Å². The topological polar surface area (TPSA) is 133 Å². The van der Waals surface area contributed by atoms with Gasteiger partial charge in [-0.3, -0.25) is 14.4 Å². The number of carbonyl (C=O) groups excluding carboxylic acids is 2. The van der Waals surface area contributed by atoms with Crippen molar-refractivity contribution >= 4 is 23.8 Å². The summed E-state index contributed by atoms with van der Waals surface area (Å²) < 4.78 is 0. The summed E-state index contributed by atoms with van der Waals surface area (Å²) in [6.45, 7) is 6.89. The molecule has 138 valence electrons. The molecule has 0 aliphatic carbocycles. The SMILES string of the molecule is CC[C@H](C)[C@H](NC(=O)CNC(=O)C(CC(=O)O)CC(C)C)C(=O)O. The van der Waals surface area contributed by atoms with E-state index >= 15 is 0 Å². The van der Waals surface area contributed by atoms with Crippen LogP contribution in [0, 0.1) is 17.8 Å². The number of aliphatic carboxylic acids is 2. The summed E-state index contributed by atoms with van der Waals surface area (Å²) in [5, 5.41) is 22.7. The molecule has 8 heteroatoms. The third-order valence-electron chi connectivity index (χ3n) is 3.77. The van der Waals surface area contributed by atoms with E-state index in [9.17, 15) is 19.2 Å². The quantitative estimate of drug-likeness (QED) is 0.439. The fraction of sp³-hybridized carbons (Fsp3) is 0.750. The molecule has 8 nitrogen and oxygen atoms in total. The largest absolute Gasteiger partial charge is 0.481 e. The van der Waals surface area contributed by atoms with Crippen molar-refractivity contribution in [1.82, 2.24) is 10.6 Å². The minimum atomic E-state index is -1.13. The van der Waals surface area contributed by atoms with E-state index in [4.69, 9.17) is 10.2 Å². The van der Waals surface area contributed by atoms with E-state index in [0.717, 1.165) is 0 Å². The van der Waals surface area contributed by atoms with Crippen LogP contribution >= 0.6 is 0 Å². The van der Waals surface area contributed by atoms with Crippen LogP contribution in [0.4, 0.5) is 0 Å². The molecule has 0 rings (SSSR count). The van der Waals surface area contributed by atoms with Crippen LogP contribution in [0.3, 0.4) is 0 Å². The second-order valence-electron chi connectivity index (χ2n) is 6.41. The van der Waals surface area contributed by atoms with Gasteiger partial charge in [0, 0.05) is 5.92 Å². The average molecular weight is 344 g/mol. The average Bonchev–Trinajstić information content (AvgIpc) is 2.47. The molecule has 4 N–H and O–H groups in total. The number of nitrogens with one attached hydrogen (secondary N) is 2. The highest BCUT2D eigenvalue weighted by molar-refractivity contribution is 5.89. The van der Waals surface area contributed by atoms with Crippen LogP contribution in [-0.4, -0.2) is 46.6 Å². The Balaban J connectivity index is 4.61. The van der Waals surface area contributed by atoms with Crippen molar-refractivity contribution in [2.45, 2.75) is 53.0 Å². The van der Waals surface area contributed by atoms with Crippen LogP contribution in [0.5, 0.6) is 0 Å². The van der Waals surface area contributed by atoms with Crippen LogP contribution < -0.4 is 10.6 Å². The summed E-state index contributed by atoms with van der Waals surface area (Å²) >= 11 is 0. The van der Waals surface area contributed by atoms with Gasteiger partial charge in [-0.1, -0.05) is 34.1 Å². The predicted molar refractivity (Wildman–Crippen MR) is 87.2 cm³/mol. The first-order valence-corrected chi connectivity index (χ1v) is 8.10. The molecule has 0 aromatic heterocycles. The van der Waals surface area contributed by atoms with Crippen molar-refractivity contribution in [3.8, 4) is 0 Å². The molecular formula is C16H28N2O6. The van der Waals surface area contributed by atoms with Gasteiger partial charge in [0.05, 0.1) is 13.0 Å². The van der Waals surface area contributed by atoms with Gasteiger partial charge in [-0.25, -0.2) is 4.79 Å². The number of rotatable bonds is 11. The first-order chi connectivity index (χ1) is 11.1. The molecule has 24 heavy (non-hydrogen) atoms. The van der Waals surface area contributed by atoms with E-state index in [0.29, 0.717) is 12.8 Å². The maximum absolute atomic E-state index is 12.1. The van der Waals surface area contributed by atoms with Crippen molar-refractivity contribution < 1.29 is 29.4 Å². The highest BCUT2D eigenvalue weighted by atomic mass is 16.4. The molecule has 0 aromatic carbocycles. The van der Waals surface area contributed by atoms with E-state index in [1.807, 2.05) is 20.8 Å². The lowest BCUT2D eigenvalue weighted by Gasteiger charge is -2.21. The number of amides is 2. The van der Waals surface area contributed by atoms with E-state index in [1.54, 1.807) is 6.92 Å². The fourth-order valence-corrected chi connectivity index (χ4v) is 2.28. The summed E-state index contributed by atoms with van der Waals surface area (Å²) in [6.07, 6.45) is 0.666. The molecule has 3 atom stereocenters. The first-order valence-electron chi connectivity index (χ1n) is 8.10. The van der Waals surface area contributed by atoms with Gasteiger partial charge < -0.3 is 20.8 Å². The van der Waals surface area contributed by atoms with Crippen LogP contribution in [0.2, 0.25) is 0 Å². The molecule has 0 bridgehead atoms. The molecule has 0 spiro atoms. The second kappa shape index (κ2) is 10.6. The lowest BCUT2D eigenvalue weighted by atomic mass is 9.93. The number of hydrogen-bond donors (Lipinski definition) is 4. The third kappa shape index (κ3) is 8.50. The monoisotopic (exact) mass is 344 g/mol. The van der Waals surface area contributed by atoms with E-state index in [-0.39, 0.29) is 24.8 Å². The number of carbonyl (C=O) groups is 4. The highest BCUT2D eigenvalue weighted by Gasteiger charge is 2.26. The minimum absolute atomic E-state index is 0.135. The van der Waals surface area contributed by atoms with Crippen molar-refractivity contribution in [3.63, 3.8) is 0 Å². The minimum Gasteiger partial charge on any atom is -0.481 e. The maximum Gasteiger partial charge on any atom is 0.326 e. The van der Waals surface area contributed by atoms with Gasteiger partial charge in [-0.15, -0.1) is 0 Å². The lowest BCUT2D eigenvalue weighted by Crippen LogP contribution is -2.49. The van der Waals surface area contributed by atoms with Gasteiger partial charge in [0.25, 0.3) is 0 Å². The molecule has 0 heterocycles. The number of hydrogen-bond acceptors (Lipinski definition) is 4. The molecule has 0 fully saturated rings. The van der Waals surface area contributed by atoms with Gasteiger partial charge in [-0.2, -0.15) is 0 Å². The molecular weight excluding hydrogens is 316 g/mol. The van der Waals surface area contributed by atoms with Crippen LogP contribution in [-0.2, 0) is 19.2 Å². The molecule has 0 saturated heterocycles. The summed E-state index contributed by atoms with van der Waals surface area (Å²) in [5.41, 5.74) is 0. The zero-order valence-corrected chi connectivity index (χ0v) is 14.7. The summed E-state index contributed by atoms with van der Waals surface area (Å²) in [5.74, 6) is -4.18. The Labute approximate surface area is 142 Å². The Bertz CT molecular complexity index is 463. The fourth-order valence-electron chi connectivity index (χ4n) is 2.28. The van der Waals surface area contributed by atoms with Crippen molar-refractivity contribution in [3.05, 3.63) is 0 Å².